The zero-order valence-electron chi connectivity index (χ0n) is 16.7. The van der Waals surface area contributed by atoms with E-state index in [1.807, 2.05) is 11.4 Å². The summed E-state index contributed by atoms with van der Waals surface area (Å²) in [5.74, 6) is 0.582. The molecule has 1 aliphatic rings. The molecular formula is C21H26N2O5S. The predicted octanol–water partition coefficient (Wildman–Crippen LogP) is 2.53. The first-order chi connectivity index (χ1) is 14.1. The zero-order valence-corrected chi connectivity index (χ0v) is 17.5. The summed E-state index contributed by atoms with van der Waals surface area (Å²) in [7, 11) is 1.50. The van der Waals surface area contributed by atoms with Crippen LogP contribution in [0.2, 0.25) is 0 Å². The minimum absolute atomic E-state index is 0.0599. The van der Waals surface area contributed by atoms with Crippen molar-refractivity contribution in [1.82, 2.24) is 10.2 Å². The highest BCUT2D eigenvalue weighted by Gasteiger charge is 2.24. The van der Waals surface area contributed by atoms with E-state index in [0.717, 1.165) is 13.1 Å². The molecule has 156 valence electrons. The summed E-state index contributed by atoms with van der Waals surface area (Å²) in [5, 5.41) is 5.02. The number of rotatable bonds is 9. The molecule has 8 heteroatoms. The van der Waals surface area contributed by atoms with Crippen molar-refractivity contribution in [3.05, 3.63) is 46.2 Å². The second-order valence-electron chi connectivity index (χ2n) is 6.69. The van der Waals surface area contributed by atoms with Gasteiger partial charge in [0.15, 0.2) is 23.9 Å². The highest BCUT2D eigenvalue weighted by Crippen LogP contribution is 2.28. The van der Waals surface area contributed by atoms with Crippen molar-refractivity contribution in [3.63, 3.8) is 0 Å². The summed E-state index contributed by atoms with van der Waals surface area (Å²) in [4.78, 5) is 27.4. The Morgan fingerprint density at radius 1 is 1.24 bits per heavy atom. The molecule has 1 fully saturated rings. The number of nitrogens with one attached hydrogen (secondary N) is 1. The molecule has 2 heterocycles. The van der Waals surface area contributed by atoms with Crippen LogP contribution in [0.1, 0.15) is 28.2 Å². The molecule has 0 unspecified atom stereocenters. The molecule has 2 aromatic rings. The van der Waals surface area contributed by atoms with Crippen LogP contribution in [0.3, 0.4) is 0 Å². The highest BCUT2D eigenvalue weighted by molar-refractivity contribution is 7.10. The van der Waals surface area contributed by atoms with E-state index in [4.69, 9.17) is 14.2 Å². The highest BCUT2D eigenvalue weighted by atomic mass is 32.1. The largest absolute Gasteiger partial charge is 0.493 e. The Balaban J connectivity index is 1.56. The van der Waals surface area contributed by atoms with E-state index >= 15 is 0 Å². The molecule has 1 N–H and O–H groups in total. The summed E-state index contributed by atoms with van der Waals surface area (Å²) in [6, 6.07) is 9.15. The van der Waals surface area contributed by atoms with E-state index in [2.05, 4.69) is 16.3 Å². The van der Waals surface area contributed by atoms with Crippen LogP contribution in [0.5, 0.6) is 11.5 Å². The van der Waals surface area contributed by atoms with Gasteiger partial charge in [0.2, 0.25) is 0 Å². The molecule has 1 amide bonds. The van der Waals surface area contributed by atoms with Crippen LogP contribution >= 0.6 is 11.3 Å². The number of ether oxygens (including phenoxy) is 3. The first-order valence-corrected chi connectivity index (χ1v) is 10.4. The van der Waals surface area contributed by atoms with E-state index in [-0.39, 0.29) is 24.3 Å². The van der Waals surface area contributed by atoms with Gasteiger partial charge in [-0.15, -0.1) is 11.3 Å². The molecule has 29 heavy (non-hydrogen) atoms. The van der Waals surface area contributed by atoms with Gasteiger partial charge in [0, 0.05) is 30.1 Å². The van der Waals surface area contributed by atoms with Gasteiger partial charge in [-0.2, -0.15) is 0 Å². The first-order valence-electron chi connectivity index (χ1n) is 9.52. The maximum absolute atomic E-state index is 12.4. The molecule has 1 atom stereocenters. The van der Waals surface area contributed by atoms with Crippen molar-refractivity contribution >= 4 is 23.0 Å². The fraction of sp³-hybridized carbons (Fsp3) is 0.429. The topological polar surface area (TPSA) is 77.1 Å². The van der Waals surface area contributed by atoms with Crippen LogP contribution in [-0.4, -0.2) is 63.2 Å². The summed E-state index contributed by atoms with van der Waals surface area (Å²) in [6.07, 6.45) is 0. The molecule has 1 saturated heterocycles. The Morgan fingerprint density at radius 2 is 2.03 bits per heavy atom. The van der Waals surface area contributed by atoms with Gasteiger partial charge in [0.1, 0.15) is 0 Å². The van der Waals surface area contributed by atoms with Crippen LogP contribution in [0.25, 0.3) is 0 Å². The number of hydrogen-bond donors (Lipinski definition) is 1. The van der Waals surface area contributed by atoms with Crippen LogP contribution in [0.15, 0.2) is 35.7 Å². The molecule has 0 aliphatic carbocycles. The number of carbonyl (C=O) groups is 2. The number of benzene rings is 1. The number of morpholine rings is 1. The lowest BCUT2D eigenvalue weighted by atomic mass is 10.1. The molecule has 0 bridgehead atoms. The lowest BCUT2D eigenvalue weighted by Crippen LogP contribution is -2.44. The second kappa shape index (κ2) is 10.4. The van der Waals surface area contributed by atoms with Gasteiger partial charge in [0.25, 0.3) is 5.91 Å². The number of amides is 1. The second-order valence-corrected chi connectivity index (χ2v) is 7.67. The van der Waals surface area contributed by atoms with E-state index in [1.54, 1.807) is 29.5 Å². The van der Waals surface area contributed by atoms with Gasteiger partial charge < -0.3 is 19.5 Å². The summed E-state index contributed by atoms with van der Waals surface area (Å²) < 4.78 is 16.3. The van der Waals surface area contributed by atoms with Gasteiger partial charge in [0.05, 0.1) is 26.4 Å². The number of Topliss-reactive ketones (excluding diaryl/α,β-unsaturated/α-hetero) is 1. The monoisotopic (exact) mass is 418 g/mol. The number of thiophene rings is 1. The van der Waals surface area contributed by atoms with Crippen molar-refractivity contribution in [1.29, 1.82) is 0 Å². The molecule has 7 nitrogen and oxygen atoms in total. The standard InChI is InChI=1S/C21H26N2O5S/c1-15(24)16-5-6-18(19(12-16)26-2)28-14-21(25)22-13-17(20-4-3-11-29-20)23-7-9-27-10-8-23/h3-6,11-12,17H,7-10,13-14H2,1-2H3,(H,22,25)/t17-/m1/s1. The predicted molar refractivity (Wildman–Crippen MR) is 111 cm³/mol. The van der Waals surface area contributed by atoms with Crippen molar-refractivity contribution < 1.29 is 23.8 Å². The SMILES string of the molecule is COc1cc(C(C)=O)ccc1OCC(=O)NC[C@H](c1cccs1)N1CCOCC1. The average molecular weight is 419 g/mol. The van der Waals surface area contributed by atoms with Gasteiger partial charge in [-0.05, 0) is 36.6 Å². The molecule has 0 spiro atoms. The molecule has 3 rings (SSSR count). The number of nitrogens with zero attached hydrogens (tertiary/aromatic N) is 1. The summed E-state index contributed by atoms with van der Waals surface area (Å²) in [5.41, 5.74) is 0.531. The van der Waals surface area contributed by atoms with Gasteiger partial charge >= 0.3 is 0 Å². The maximum atomic E-state index is 12.4. The molecule has 1 aromatic carbocycles. The van der Waals surface area contributed by atoms with Crippen molar-refractivity contribution in [2.75, 3.05) is 46.6 Å². The Morgan fingerprint density at radius 3 is 2.69 bits per heavy atom. The number of carbonyl (C=O) groups excluding carboxylic acids is 2. The molecule has 0 radical (unpaired) electrons. The van der Waals surface area contributed by atoms with E-state index in [0.29, 0.717) is 36.8 Å². The Labute approximate surface area is 174 Å². The summed E-state index contributed by atoms with van der Waals surface area (Å²) in [6.45, 7) is 4.95. The van der Waals surface area contributed by atoms with Crippen LogP contribution in [0.4, 0.5) is 0 Å². The Hall–Kier alpha value is -2.42. The number of ketones is 1. The normalized spacial score (nSPS) is 15.5. The third-order valence-electron chi connectivity index (χ3n) is 4.78. The first kappa shape index (κ1) is 21.3. The third-order valence-corrected chi connectivity index (χ3v) is 5.75. The maximum Gasteiger partial charge on any atom is 0.258 e. The molecule has 1 aliphatic heterocycles. The lowest BCUT2D eigenvalue weighted by Gasteiger charge is -2.34. The van der Waals surface area contributed by atoms with Crippen molar-refractivity contribution in [3.8, 4) is 11.5 Å². The minimum atomic E-state index is -0.211. The lowest BCUT2D eigenvalue weighted by molar-refractivity contribution is -0.123. The minimum Gasteiger partial charge on any atom is -0.493 e. The molecule has 0 saturated carbocycles. The number of hydrogen-bond acceptors (Lipinski definition) is 7. The van der Waals surface area contributed by atoms with Crippen LogP contribution in [-0.2, 0) is 9.53 Å². The van der Waals surface area contributed by atoms with Crippen LogP contribution in [0, 0.1) is 0 Å². The summed E-state index contributed by atoms with van der Waals surface area (Å²) >= 11 is 1.69. The van der Waals surface area contributed by atoms with Crippen LogP contribution < -0.4 is 14.8 Å². The molecular weight excluding hydrogens is 392 g/mol. The fourth-order valence-electron chi connectivity index (χ4n) is 3.19. The van der Waals surface area contributed by atoms with Gasteiger partial charge in [-0.3, -0.25) is 14.5 Å². The third kappa shape index (κ3) is 5.79. The fourth-order valence-corrected chi connectivity index (χ4v) is 4.05. The van der Waals surface area contributed by atoms with Gasteiger partial charge in [-0.1, -0.05) is 6.07 Å². The van der Waals surface area contributed by atoms with E-state index in [9.17, 15) is 9.59 Å². The Bertz CT molecular complexity index is 818. The van der Waals surface area contributed by atoms with E-state index < -0.39 is 0 Å². The van der Waals surface area contributed by atoms with Crippen molar-refractivity contribution in [2.24, 2.45) is 0 Å². The quantitative estimate of drug-likeness (QED) is 0.631. The average Bonchev–Trinajstić information content (AvgIpc) is 3.27. The number of methoxy groups -OCH3 is 1. The Kier molecular flexibility index (Phi) is 7.62. The molecule has 1 aromatic heterocycles. The van der Waals surface area contributed by atoms with E-state index in [1.165, 1.54) is 18.9 Å². The zero-order chi connectivity index (χ0) is 20.6. The van der Waals surface area contributed by atoms with Gasteiger partial charge in [-0.25, -0.2) is 0 Å². The van der Waals surface area contributed by atoms with Crippen molar-refractivity contribution in [2.45, 2.75) is 13.0 Å². The smallest absolute Gasteiger partial charge is 0.258 e.